The highest BCUT2D eigenvalue weighted by Crippen LogP contribution is 2.09. The van der Waals surface area contributed by atoms with Crippen LogP contribution in [0.15, 0.2) is 0 Å². The van der Waals surface area contributed by atoms with Gasteiger partial charge in [0.1, 0.15) is 0 Å². The van der Waals surface area contributed by atoms with Gasteiger partial charge in [-0.15, -0.1) is 0 Å². The second-order valence-electron chi connectivity index (χ2n) is 3.54. The third-order valence-corrected chi connectivity index (χ3v) is 2.25. The maximum absolute atomic E-state index is 3.84. The maximum Gasteiger partial charge on any atom is -0.0533 e. The number of unbranched alkanes of at least 4 members (excludes halogenated alkanes) is 9. The second kappa shape index (κ2) is 11.0. The van der Waals surface area contributed by atoms with Gasteiger partial charge in [-0.3, -0.25) is 0 Å². The topological polar surface area (TPSA) is 0 Å². The summed E-state index contributed by atoms with van der Waals surface area (Å²) in [5, 5.41) is 0. The van der Waals surface area contributed by atoms with Crippen LogP contribution in [-0.4, -0.2) is 0 Å². The fourth-order valence-corrected chi connectivity index (χ4v) is 1.41. The van der Waals surface area contributed by atoms with Gasteiger partial charge in [-0.2, -0.15) is 12.8 Å². The molecule has 0 unspecified atom stereocenters. The minimum absolute atomic E-state index is 1.11. The first-order valence-corrected chi connectivity index (χ1v) is 5.50. The Labute approximate surface area is 78.8 Å². The Hall–Kier alpha value is 0. The van der Waals surface area contributed by atoms with Crippen LogP contribution in [0, 0.1) is 13.8 Å². The summed E-state index contributed by atoms with van der Waals surface area (Å²) in [5.74, 6) is 0. The molecule has 0 aliphatic rings. The van der Waals surface area contributed by atoms with Gasteiger partial charge in [0, 0.05) is 0 Å². The molecule has 0 amide bonds. The van der Waals surface area contributed by atoms with Crippen molar-refractivity contribution in [3.63, 3.8) is 0 Å². The molecule has 0 bridgehead atoms. The van der Waals surface area contributed by atoms with E-state index in [-0.39, 0.29) is 0 Å². The van der Waals surface area contributed by atoms with Gasteiger partial charge in [0.25, 0.3) is 0 Å². The Balaban J connectivity index is 2.73. The van der Waals surface area contributed by atoms with E-state index < -0.39 is 0 Å². The SMILES string of the molecule is [CH2-]CCCCCCCCCC[CH2-]. The maximum atomic E-state index is 3.84. The zero-order valence-corrected chi connectivity index (χ0v) is 8.49. The van der Waals surface area contributed by atoms with Gasteiger partial charge >= 0.3 is 0 Å². The van der Waals surface area contributed by atoms with Crippen LogP contribution in [0.2, 0.25) is 0 Å². The van der Waals surface area contributed by atoms with Crippen LogP contribution >= 0.6 is 0 Å². The van der Waals surface area contributed by atoms with Crippen LogP contribution in [-0.2, 0) is 0 Å². The van der Waals surface area contributed by atoms with Gasteiger partial charge in [-0.25, -0.2) is 0 Å². The summed E-state index contributed by atoms with van der Waals surface area (Å²) >= 11 is 0. The minimum Gasteiger partial charge on any atom is -0.343 e. The molecule has 0 radical (unpaired) electrons. The largest absolute Gasteiger partial charge is 0.343 e. The molecule has 12 heavy (non-hydrogen) atoms. The van der Waals surface area contributed by atoms with Gasteiger partial charge in [0.15, 0.2) is 0 Å². The summed E-state index contributed by atoms with van der Waals surface area (Å²) < 4.78 is 0. The summed E-state index contributed by atoms with van der Waals surface area (Å²) in [4.78, 5) is 0. The fraction of sp³-hybridized carbons (Fsp3) is 0.833. The molecule has 0 fully saturated rings. The van der Waals surface area contributed by atoms with Crippen LogP contribution in [0.3, 0.4) is 0 Å². The predicted molar refractivity (Wildman–Crippen MR) is 56.9 cm³/mol. The smallest absolute Gasteiger partial charge is 0.0533 e. The van der Waals surface area contributed by atoms with Gasteiger partial charge in [-0.1, -0.05) is 51.4 Å². The highest BCUT2D eigenvalue weighted by Gasteiger charge is 1.88. The minimum atomic E-state index is 1.11. The van der Waals surface area contributed by atoms with Crippen LogP contribution < -0.4 is 0 Å². The van der Waals surface area contributed by atoms with Gasteiger partial charge in [0.2, 0.25) is 0 Å². The van der Waals surface area contributed by atoms with Crippen molar-refractivity contribution in [3.05, 3.63) is 13.8 Å². The van der Waals surface area contributed by atoms with E-state index in [4.69, 9.17) is 0 Å². The first-order chi connectivity index (χ1) is 5.91. The van der Waals surface area contributed by atoms with E-state index in [1.54, 1.807) is 0 Å². The monoisotopic (exact) mass is 168 g/mol. The molecule has 0 saturated heterocycles. The highest BCUT2D eigenvalue weighted by molar-refractivity contribution is 4.48. The zero-order chi connectivity index (χ0) is 9.07. The molecule has 0 atom stereocenters. The molecule has 0 heterocycles. The van der Waals surface area contributed by atoms with Crippen molar-refractivity contribution in [2.75, 3.05) is 0 Å². The molecule has 0 saturated carbocycles. The molecular weight excluding hydrogens is 144 g/mol. The molecule has 0 nitrogen and oxygen atoms in total. The molecular formula is C12H24-2. The van der Waals surface area contributed by atoms with E-state index in [0.29, 0.717) is 0 Å². The lowest BCUT2D eigenvalue weighted by atomic mass is 10.1. The Morgan fingerprint density at radius 1 is 0.417 bits per heavy atom. The lowest BCUT2D eigenvalue weighted by Gasteiger charge is -2.02. The highest BCUT2D eigenvalue weighted by atomic mass is 14.0. The van der Waals surface area contributed by atoms with E-state index >= 15 is 0 Å². The lowest BCUT2D eigenvalue weighted by molar-refractivity contribution is 0.570. The molecule has 0 aromatic carbocycles. The van der Waals surface area contributed by atoms with Crippen molar-refractivity contribution in [2.45, 2.75) is 64.2 Å². The summed E-state index contributed by atoms with van der Waals surface area (Å²) in [5.41, 5.74) is 0. The van der Waals surface area contributed by atoms with Crippen LogP contribution in [0.4, 0.5) is 0 Å². The molecule has 0 N–H and O–H groups in total. The van der Waals surface area contributed by atoms with Crippen LogP contribution in [0.1, 0.15) is 64.2 Å². The van der Waals surface area contributed by atoms with Gasteiger partial charge in [-0.05, 0) is 0 Å². The van der Waals surface area contributed by atoms with Crippen molar-refractivity contribution in [1.29, 1.82) is 0 Å². The van der Waals surface area contributed by atoms with Crippen molar-refractivity contribution in [3.8, 4) is 0 Å². The third-order valence-electron chi connectivity index (χ3n) is 2.25. The summed E-state index contributed by atoms with van der Waals surface area (Å²) in [6.45, 7) is 7.67. The van der Waals surface area contributed by atoms with E-state index in [0.717, 1.165) is 12.8 Å². The molecule has 0 spiro atoms. The molecule has 0 aromatic rings. The second-order valence-corrected chi connectivity index (χ2v) is 3.54. The standard InChI is InChI=1S/C12H24/c1-3-5-7-9-11-12-10-8-6-4-2/h1-12H2/q-2. The lowest BCUT2D eigenvalue weighted by Crippen LogP contribution is -1.80. The Morgan fingerprint density at radius 3 is 0.917 bits per heavy atom. The van der Waals surface area contributed by atoms with Crippen LogP contribution in [0.5, 0.6) is 0 Å². The van der Waals surface area contributed by atoms with E-state index in [9.17, 15) is 0 Å². The first-order valence-electron chi connectivity index (χ1n) is 5.50. The summed E-state index contributed by atoms with van der Waals surface area (Å²) in [6.07, 6.45) is 13.3. The average molecular weight is 168 g/mol. The quantitative estimate of drug-likeness (QED) is 0.350. The average Bonchev–Trinajstić information content (AvgIpc) is 2.10. The van der Waals surface area contributed by atoms with E-state index in [1.165, 1.54) is 51.4 Å². The zero-order valence-electron chi connectivity index (χ0n) is 8.49. The molecule has 0 rings (SSSR count). The number of hydrogen-bond acceptors (Lipinski definition) is 0. The van der Waals surface area contributed by atoms with Crippen molar-refractivity contribution >= 4 is 0 Å². The van der Waals surface area contributed by atoms with Crippen molar-refractivity contribution in [1.82, 2.24) is 0 Å². The van der Waals surface area contributed by atoms with Crippen molar-refractivity contribution < 1.29 is 0 Å². The number of hydrogen-bond donors (Lipinski definition) is 0. The first kappa shape index (κ1) is 12.0. The molecule has 74 valence electrons. The fourth-order valence-electron chi connectivity index (χ4n) is 1.41. The third kappa shape index (κ3) is 10.0. The van der Waals surface area contributed by atoms with Crippen molar-refractivity contribution in [2.24, 2.45) is 0 Å². The predicted octanol–water partition coefficient (Wildman–Crippen LogP) is 4.56. The Bertz CT molecular complexity index is 56.4. The molecule has 0 heteroatoms. The van der Waals surface area contributed by atoms with E-state index in [1.807, 2.05) is 0 Å². The molecule has 0 aromatic heterocycles. The summed E-state index contributed by atoms with van der Waals surface area (Å²) in [7, 11) is 0. The summed E-state index contributed by atoms with van der Waals surface area (Å²) in [6, 6.07) is 0. The molecule has 0 aliphatic heterocycles. The molecule has 0 aliphatic carbocycles. The number of rotatable bonds is 9. The Morgan fingerprint density at radius 2 is 0.667 bits per heavy atom. The van der Waals surface area contributed by atoms with Crippen LogP contribution in [0.25, 0.3) is 0 Å². The van der Waals surface area contributed by atoms with Gasteiger partial charge < -0.3 is 13.8 Å². The van der Waals surface area contributed by atoms with Gasteiger partial charge in [0.05, 0.1) is 0 Å². The Kier molecular flexibility index (Phi) is 11.0. The van der Waals surface area contributed by atoms with E-state index in [2.05, 4.69) is 13.8 Å². The normalized spacial score (nSPS) is 10.5.